The zero-order valence-corrected chi connectivity index (χ0v) is 13.8. The number of nitrogens with one attached hydrogen (secondary N) is 2. The van der Waals surface area contributed by atoms with Crippen molar-refractivity contribution in [2.24, 2.45) is 0 Å². The molecular formula is C18H24N2O4. The van der Waals surface area contributed by atoms with Crippen molar-refractivity contribution in [3.8, 4) is 0 Å². The number of hydroxylamine groups is 1. The van der Waals surface area contributed by atoms with Crippen molar-refractivity contribution >= 4 is 23.3 Å². The van der Waals surface area contributed by atoms with Crippen LogP contribution in [0.5, 0.6) is 0 Å². The molecule has 1 aromatic rings. The van der Waals surface area contributed by atoms with Crippen molar-refractivity contribution < 1.29 is 19.6 Å². The number of hydrogen-bond donors (Lipinski definition) is 3. The molecule has 0 heterocycles. The van der Waals surface area contributed by atoms with Crippen LogP contribution in [-0.4, -0.2) is 22.8 Å². The van der Waals surface area contributed by atoms with Crippen molar-refractivity contribution in [3.63, 3.8) is 0 Å². The number of benzene rings is 1. The minimum Gasteiger partial charge on any atom is -0.326 e. The molecular weight excluding hydrogens is 308 g/mol. The topological polar surface area (TPSA) is 95.5 Å². The number of hydrogen-bond acceptors (Lipinski definition) is 4. The Labute approximate surface area is 141 Å². The second kappa shape index (κ2) is 9.17. The first-order valence-electron chi connectivity index (χ1n) is 8.49. The average Bonchev–Trinajstić information content (AvgIpc) is 2.57. The van der Waals surface area contributed by atoms with Gasteiger partial charge in [0, 0.05) is 30.5 Å². The van der Waals surface area contributed by atoms with Crippen molar-refractivity contribution in [1.29, 1.82) is 0 Å². The molecule has 3 N–H and O–H groups in total. The van der Waals surface area contributed by atoms with E-state index >= 15 is 0 Å². The molecule has 0 saturated heterocycles. The summed E-state index contributed by atoms with van der Waals surface area (Å²) in [6.07, 6.45) is 6.27. The summed E-state index contributed by atoms with van der Waals surface area (Å²) in [5.74, 6) is -0.229. The SMILES string of the molecule is O=C(CCCCCCC(=O)Nc1ccc2c(c1)CCCC2=O)NO. The molecule has 0 radical (unpaired) electrons. The molecule has 1 aliphatic carbocycles. The summed E-state index contributed by atoms with van der Waals surface area (Å²) in [6.45, 7) is 0. The van der Waals surface area contributed by atoms with E-state index in [2.05, 4.69) is 5.32 Å². The molecule has 0 aliphatic heterocycles. The number of amides is 2. The third-order valence-corrected chi connectivity index (χ3v) is 4.22. The molecule has 1 aromatic carbocycles. The minimum absolute atomic E-state index is 0.0369. The number of carbonyl (C=O) groups excluding carboxylic acids is 3. The van der Waals surface area contributed by atoms with Crippen LogP contribution in [0.15, 0.2) is 18.2 Å². The third kappa shape index (κ3) is 5.45. The summed E-state index contributed by atoms with van der Waals surface area (Å²) in [5.41, 5.74) is 4.15. The molecule has 0 fully saturated rings. The van der Waals surface area contributed by atoms with Crippen LogP contribution in [0.2, 0.25) is 0 Å². The van der Waals surface area contributed by atoms with Gasteiger partial charge < -0.3 is 5.32 Å². The molecule has 1 aliphatic rings. The van der Waals surface area contributed by atoms with E-state index in [1.165, 1.54) is 0 Å². The summed E-state index contributed by atoms with van der Waals surface area (Å²) in [4.78, 5) is 34.6. The lowest BCUT2D eigenvalue weighted by molar-refractivity contribution is -0.129. The van der Waals surface area contributed by atoms with Gasteiger partial charge in [-0.2, -0.15) is 0 Å². The van der Waals surface area contributed by atoms with E-state index in [0.29, 0.717) is 25.7 Å². The van der Waals surface area contributed by atoms with Gasteiger partial charge in [0.25, 0.3) is 0 Å². The molecule has 2 amide bonds. The van der Waals surface area contributed by atoms with Crippen molar-refractivity contribution in [2.75, 3.05) is 5.32 Å². The molecule has 24 heavy (non-hydrogen) atoms. The third-order valence-electron chi connectivity index (χ3n) is 4.22. The number of fused-ring (bicyclic) bond motifs is 1. The molecule has 6 heteroatoms. The zero-order chi connectivity index (χ0) is 17.4. The fraction of sp³-hybridized carbons (Fsp3) is 0.500. The summed E-state index contributed by atoms with van der Waals surface area (Å²) in [5, 5.41) is 11.2. The highest BCUT2D eigenvalue weighted by atomic mass is 16.5. The van der Waals surface area contributed by atoms with Crippen LogP contribution in [-0.2, 0) is 16.0 Å². The Bertz CT molecular complexity index is 613. The maximum absolute atomic E-state index is 12.0. The summed E-state index contributed by atoms with van der Waals surface area (Å²) in [7, 11) is 0. The summed E-state index contributed by atoms with van der Waals surface area (Å²) >= 11 is 0. The number of unbranched alkanes of at least 4 members (excludes halogenated alkanes) is 3. The van der Waals surface area contributed by atoms with E-state index in [1.807, 2.05) is 6.07 Å². The van der Waals surface area contributed by atoms with Crippen molar-refractivity contribution in [3.05, 3.63) is 29.3 Å². The number of anilines is 1. The van der Waals surface area contributed by atoms with Gasteiger partial charge in [-0.15, -0.1) is 0 Å². The maximum Gasteiger partial charge on any atom is 0.243 e. The standard InChI is InChI=1S/C18H24N2O4/c21-16-7-5-6-13-12-14(10-11-15(13)16)19-17(22)8-3-1-2-4-9-18(23)20-24/h10-12,24H,1-9H2,(H,19,22)(H,20,23). The van der Waals surface area contributed by atoms with E-state index in [9.17, 15) is 14.4 Å². The second-order valence-electron chi connectivity index (χ2n) is 6.15. The van der Waals surface area contributed by atoms with Gasteiger partial charge in [-0.3, -0.25) is 19.6 Å². The largest absolute Gasteiger partial charge is 0.326 e. The molecule has 0 saturated carbocycles. The van der Waals surface area contributed by atoms with E-state index in [1.54, 1.807) is 17.6 Å². The fourth-order valence-electron chi connectivity index (χ4n) is 2.93. The number of ketones is 1. The van der Waals surface area contributed by atoms with Crippen LogP contribution in [0.3, 0.4) is 0 Å². The molecule has 2 rings (SSSR count). The number of rotatable bonds is 8. The fourth-order valence-corrected chi connectivity index (χ4v) is 2.93. The summed E-state index contributed by atoms with van der Waals surface area (Å²) in [6, 6.07) is 5.49. The van der Waals surface area contributed by atoms with E-state index < -0.39 is 0 Å². The predicted octanol–water partition coefficient (Wildman–Crippen LogP) is 2.99. The van der Waals surface area contributed by atoms with Crippen LogP contribution in [0, 0.1) is 0 Å². The lowest BCUT2D eigenvalue weighted by Crippen LogP contribution is -2.17. The first kappa shape index (κ1) is 18.1. The summed E-state index contributed by atoms with van der Waals surface area (Å²) < 4.78 is 0. The van der Waals surface area contributed by atoms with Crippen LogP contribution >= 0.6 is 0 Å². The lowest BCUT2D eigenvalue weighted by atomic mass is 9.90. The minimum atomic E-state index is -0.376. The number of Topliss-reactive ketones (excluding diaryl/α,β-unsaturated/α-hetero) is 1. The monoisotopic (exact) mass is 332 g/mol. The highest BCUT2D eigenvalue weighted by molar-refractivity contribution is 5.99. The second-order valence-corrected chi connectivity index (χ2v) is 6.15. The van der Waals surface area contributed by atoms with E-state index in [4.69, 9.17) is 5.21 Å². The van der Waals surface area contributed by atoms with Gasteiger partial charge in [-0.25, -0.2) is 5.48 Å². The molecule has 0 atom stereocenters. The Kier molecular flexibility index (Phi) is 6.93. The van der Waals surface area contributed by atoms with Gasteiger partial charge in [0.15, 0.2) is 5.78 Å². The molecule has 0 spiro atoms. The van der Waals surface area contributed by atoms with Crippen LogP contribution in [0.4, 0.5) is 5.69 Å². The Morgan fingerprint density at radius 2 is 1.71 bits per heavy atom. The van der Waals surface area contributed by atoms with Gasteiger partial charge in [0.05, 0.1) is 0 Å². The maximum atomic E-state index is 12.0. The highest BCUT2D eigenvalue weighted by Crippen LogP contribution is 2.24. The van der Waals surface area contributed by atoms with Gasteiger partial charge in [-0.05, 0) is 49.4 Å². The smallest absolute Gasteiger partial charge is 0.243 e. The Morgan fingerprint density at radius 1 is 1.00 bits per heavy atom. The van der Waals surface area contributed by atoms with Crippen LogP contribution < -0.4 is 10.8 Å². The van der Waals surface area contributed by atoms with Gasteiger partial charge in [-0.1, -0.05) is 12.8 Å². The zero-order valence-electron chi connectivity index (χ0n) is 13.8. The molecule has 0 bridgehead atoms. The number of carbonyl (C=O) groups is 3. The van der Waals surface area contributed by atoms with E-state index in [-0.39, 0.29) is 17.6 Å². The molecule has 6 nitrogen and oxygen atoms in total. The normalized spacial score (nSPS) is 13.3. The average molecular weight is 332 g/mol. The van der Waals surface area contributed by atoms with Crippen LogP contribution in [0.25, 0.3) is 0 Å². The lowest BCUT2D eigenvalue weighted by Gasteiger charge is -2.16. The van der Waals surface area contributed by atoms with Gasteiger partial charge in [0.1, 0.15) is 0 Å². The van der Waals surface area contributed by atoms with Crippen molar-refractivity contribution in [1.82, 2.24) is 5.48 Å². The van der Waals surface area contributed by atoms with Gasteiger partial charge >= 0.3 is 0 Å². The Hall–Kier alpha value is -2.21. The Balaban J connectivity index is 1.69. The van der Waals surface area contributed by atoms with Crippen LogP contribution in [0.1, 0.15) is 67.3 Å². The highest BCUT2D eigenvalue weighted by Gasteiger charge is 2.17. The predicted molar refractivity (Wildman–Crippen MR) is 90.0 cm³/mol. The molecule has 130 valence electrons. The molecule has 0 aromatic heterocycles. The van der Waals surface area contributed by atoms with Gasteiger partial charge in [0.2, 0.25) is 11.8 Å². The molecule has 0 unspecified atom stereocenters. The quantitative estimate of drug-likeness (QED) is 0.387. The number of aryl methyl sites for hydroxylation is 1. The first-order valence-corrected chi connectivity index (χ1v) is 8.49. The first-order chi connectivity index (χ1) is 11.6. The van der Waals surface area contributed by atoms with Crippen molar-refractivity contribution in [2.45, 2.75) is 57.8 Å². The Morgan fingerprint density at radius 3 is 2.42 bits per heavy atom. The van der Waals surface area contributed by atoms with E-state index in [0.717, 1.165) is 48.9 Å².